The monoisotopic (exact) mass is 336 g/mol. The molecule has 24 heavy (non-hydrogen) atoms. The lowest BCUT2D eigenvalue weighted by Gasteiger charge is -2.30. The van der Waals surface area contributed by atoms with Crippen LogP contribution in [0.2, 0.25) is 0 Å². The summed E-state index contributed by atoms with van der Waals surface area (Å²) in [4.78, 5) is 2.31. The second-order valence-corrected chi connectivity index (χ2v) is 6.43. The van der Waals surface area contributed by atoms with Crippen LogP contribution in [0.25, 0.3) is 0 Å². The van der Waals surface area contributed by atoms with Crippen LogP contribution < -0.4 is 14.8 Å². The third kappa shape index (κ3) is 6.30. The quantitative estimate of drug-likeness (QED) is 0.666. The number of benzene rings is 1. The molecule has 0 aliphatic carbocycles. The van der Waals surface area contributed by atoms with Gasteiger partial charge in [-0.2, -0.15) is 0 Å². The first-order valence-corrected chi connectivity index (χ1v) is 9.03. The summed E-state index contributed by atoms with van der Waals surface area (Å²) in [6, 6.07) is 6.14. The number of ether oxygens (including phenoxy) is 3. The van der Waals surface area contributed by atoms with Crippen molar-refractivity contribution in [1.82, 2.24) is 10.2 Å². The predicted molar refractivity (Wildman–Crippen MR) is 97.0 cm³/mol. The van der Waals surface area contributed by atoms with E-state index in [2.05, 4.69) is 36.3 Å². The SMILES string of the molecule is CCCCCOc1cc(CNCC2CN(C)CCO2)ccc1OC. The maximum absolute atomic E-state index is 5.90. The van der Waals surface area contributed by atoms with Gasteiger partial charge in [-0.3, -0.25) is 0 Å². The molecule has 1 saturated heterocycles. The fraction of sp³-hybridized carbons (Fsp3) is 0.684. The van der Waals surface area contributed by atoms with Gasteiger partial charge in [0.05, 0.1) is 26.4 Å². The van der Waals surface area contributed by atoms with Gasteiger partial charge in [0.15, 0.2) is 11.5 Å². The van der Waals surface area contributed by atoms with Gasteiger partial charge in [-0.05, 0) is 31.2 Å². The van der Waals surface area contributed by atoms with Gasteiger partial charge in [0.1, 0.15) is 0 Å². The molecule has 0 radical (unpaired) electrons. The molecule has 0 aromatic heterocycles. The van der Waals surface area contributed by atoms with E-state index in [1.54, 1.807) is 7.11 Å². The molecule has 0 amide bonds. The molecule has 5 nitrogen and oxygen atoms in total. The maximum atomic E-state index is 5.90. The summed E-state index contributed by atoms with van der Waals surface area (Å²) >= 11 is 0. The van der Waals surface area contributed by atoms with Gasteiger partial charge in [0, 0.05) is 26.2 Å². The van der Waals surface area contributed by atoms with Crippen LogP contribution in [-0.4, -0.2) is 58.0 Å². The summed E-state index contributed by atoms with van der Waals surface area (Å²) in [7, 11) is 3.82. The Hall–Kier alpha value is -1.30. The maximum Gasteiger partial charge on any atom is 0.161 e. The van der Waals surface area contributed by atoms with Crippen molar-refractivity contribution >= 4 is 0 Å². The molecule has 1 aromatic carbocycles. The molecule has 1 fully saturated rings. The first-order chi connectivity index (χ1) is 11.7. The molecule has 0 saturated carbocycles. The Balaban J connectivity index is 1.81. The van der Waals surface area contributed by atoms with Gasteiger partial charge < -0.3 is 24.4 Å². The average molecular weight is 336 g/mol. The lowest BCUT2D eigenvalue weighted by atomic mass is 10.2. The zero-order valence-corrected chi connectivity index (χ0v) is 15.3. The normalized spacial score (nSPS) is 18.5. The predicted octanol–water partition coefficient (Wildman–Crippen LogP) is 2.68. The summed E-state index contributed by atoms with van der Waals surface area (Å²) in [5.74, 6) is 1.63. The van der Waals surface area contributed by atoms with Crippen molar-refractivity contribution in [2.45, 2.75) is 38.8 Å². The second-order valence-electron chi connectivity index (χ2n) is 6.43. The Labute approximate surface area is 146 Å². The van der Waals surface area contributed by atoms with E-state index in [0.29, 0.717) is 0 Å². The van der Waals surface area contributed by atoms with Gasteiger partial charge in [0.2, 0.25) is 0 Å². The molecule has 1 heterocycles. The van der Waals surface area contributed by atoms with Crippen LogP contribution >= 0.6 is 0 Å². The fourth-order valence-electron chi connectivity index (χ4n) is 2.85. The van der Waals surface area contributed by atoms with E-state index in [9.17, 15) is 0 Å². The van der Waals surface area contributed by atoms with E-state index in [-0.39, 0.29) is 6.10 Å². The van der Waals surface area contributed by atoms with E-state index < -0.39 is 0 Å². The molecule has 5 heteroatoms. The van der Waals surface area contributed by atoms with E-state index in [0.717, 1.165) is 57.3 Å². The van der Waals surface area contributed by atoms with Crippen LogP contribution in [0, 0.1) is 0 Å². The number of methoxy groups -OCH3 is 1. The number of hydrogen-bond donors (Lipinski definition) is 1. The van der Waals surface area contributed by atoms with Crippen LogP contribution in [0.1, 0.15) is 31.7 Å². The topological polar surface area (TPSA) is 43.0 Å². The Morgan fingerprint density at radius 2 is 2.17 bits per heavy atom. The van der Waals surface area contributed by atoms with Gasteiger partial charge in [-0.1, -0.05) is 25.8 Å². The highest BCUT2D eigenvalue weighted by atomic mass is 16.5. The number of likely N-dealkylation sites (N-methyl/N-ethyl adjacent to an activating group) is 1. The highest BCUT2D eigenvalue weighted by Gasteiger charge is 2.17. The summed E-state index contributed by atoms with van der Waals surface area (Å²) < 4.78 is 17.1. The zero-order valence-electron chi connectivity index (χ0n) is 15.3. The van der Waals surface area contributed by atoms with Crippen LogP contribution in [0.5, 0.6) is 11.5 Å². The van der Waals surface area contributed by atoms with E-state index in [1.165, 1.54) is 18.4 Å². The van der Waals surface area contributed by atoms with Crippen molar-refractivity contribution in [1.29, 1.82) is 0 Å². The molecule has 1 unspecified atom stereocenters. The van der Waals surface area contributed by atoms with Crippen molar-refractivity contribution in [3.63, 3.8) is 0 Å². The fourth-order valence-corrected chi connectivity index (χ4v) is 2.85. The van der Waals surface area contributed by atoms with Crippen LogP contribution in [0.4, 0.5) is 0 Å². The smallest absolute Gasteiger partial charge is 0.161 e. The summed E-state index contributed by atoms with van der Waals surface area (Å²) in [5, 5.41) is 3.49. The molecule has 1 N–H and O–H groups in total. The minimum atomic E-state index is 0.270. The average Bonchev–Trinajstić information content (AvgIpc) is 2.59. The van der Waals surface area contributed by atoms with E-state index in [1.807, 2.05) is 6.07 Å². The molecular weight excluding hydrogens is 304 g/mol. The second kappa shape index (κ2) is 10.5. The van der Waals surface area contributed by atoms with Crippen molar-refractivity contribution in [3.8, 4) is 11.5 Å². The lowest BCUT2D eigenvalue weighted by Crippen LogP contribution is -2.44. The first kappa shape index (κ1) is 19.0. The first-order valence-electron chi connectivity index (χ1n) is 9.03. The summed E-state index contributed by atoms with van der Waals surface area (Å²) in [5.41, 5.74) is 1.20. The Kier molecular flexibility index (Phi) is 8.36. The Bertz CT molecular complexity index is 482. The zero-order chi connectivity index (χ0) is 17.2. The van der Waals surface area contributed by atoms with Crippen molar-refractivity contribution in [2.75, 3.05) is 47.0 Å². The summed E-state index contributed by atoms with van der Waals surface area (Å²) in [6.07, 6.45) is 3.74. The molecule has 1 aliphatic heterocycles. The van der Waals surface area contributed by atoms with Gasteiger partial charge >= 0.3 is 0 Å². The number of rotatable bonds is 10. The van der Waals surface area contributed by atoms with E-state index in [4.69, 9.17) is 14.2 Å². The van der Waals surface area contributed by atoms with Crippen molar-refractivity contribution in [2.24, 2.45) is 0 Å². The third-order valence-corrected chi connectivity index (χ3v) is 4.28. The molecule has 0 spiro atoms. The Morgan fingerprint density at radius 3 is 2.92 bits per heavy atom. The van der Waals surface area contributed by atoms with Crippen molar-refractivity contribution in [3.05, 3.63) is 23.8 Å². The molecule has 1 aliphatic rings. The van der Waals surface area contributed by atoms with Crippen LogP contribution in [0.3, 0.4) is 0 Å². The summed E-state index contributed by atoms with van der Waals surface area (Å²) in [6.45, 7) is 7.43. The van der Waals surface area contributed by atoms with Crippen LogP contribution in [0.15, 0.2) is 18.2 Å². The van der Waals surface area contributed by atoms with Gasteiger partial charge in [-0.25, -0.2) is 0 Å². The third-order valence-electron chi connectivity index (χ3n) is 4.28. The van der Waals surface area contributed by atoms with Crippen LogP contribution in [-0.2, 0) is 11.3 Å². The standard InChI is InChI=1S/C19H32N2O3/c1-4-5-6-10-24-19-12-16(7-8-18(19)22-3)13-20-14-17-15-21(2)9-11-23-17/h7-8,12,17,20H,4-6,9-11,13-15H2,1-3H3. The molecule has 2 rings (SSSR count). The van der Waals surface area contributed by atoms with E-state index >= 15 is 0 Å². The minimum Gasteiger partial charge on any atom is -0.493 e. The molecule has 1 aromatic rings. The van der Waals surface area contributed by atoms with Crippen molar-refractivity contribution < 1.29 is 14.2 Å². The number of morpholine rings is 1. The molecule has 136 valence electrons. The number of unbranched alkanes of at least 4 members (excludes halogenated alkanes) is 2. The Morgan fingerprint density at radius 1 is 1.29 bits per heavy atom. The number of hydrogen-bond acceptors (Lipinski definition) is 5. The molecule has 0 bridgehead atoms. The number of nitrogens with zero attached hydrogens (tertiary/aromatic N) is 1. The highest BCUT2D eigenvalue weighted by molar-refractivity contribution is 5.42. The minimum absolute atomic E-state index is 0.270. The number of nitrogens with one attached hydrogen (secondary N) is 1. The molecule has 1 atom stereocenters. The van der Waals surface area contributed by atoms with Gasteiger partial charge in [0.25, 0.3) is 0 Å². The largest absolute Gasteiger partial charge is 0.493 e. The molecular formula is C19H32N2O3. The lowest BCUT2D eigenvalue weighted by molar-refractivity contribution is -0.0182. The highest BCUT2D eigenvalue weighted by Crippen LogP contribution is 2.28. The van der Waals surface area contributed by atoms with Gasteiger partial charge in [-0.15, -0.1) is 0 Å².